The molecular formula is C19H30N2. The topological polar surface area (TPSA) is 15.3 Å². The smallest absolute Gasteiger partial charge is 0.0205 e. The van der Waals surface area contributed by atoms with Gasteiger partial charge in [0, 0.05) is 6.54 Å². The van der Waals surface area contributed by atoms with Crippen molar-refractivity contribution in [1.82, 2.24) is 10.2 Å². The second-order valence-corrected chi connectivity index (χ2v) is 7.07. The summed E-state index contributed by atoms with van der Waals surface area (Å²) >= 11 is 0. The Morgan fingerprint density at radius 3 is 2.43 bits per heavy atom. The Balaban J connectivity index is 1.27. The van der Waals surface area contributed by atoms with Crippen molar-refractivity contribution < 1.29 is 0 Å². The molecule has 1 saturated carbocycles. The number of likely N-dealkylation sites (tertiary alicyclic amines) is 1. The van der Waals surface area contributed by atoms with Gasteiger partial charge in [-0.15, -0.1) is 0 Å². The number of rotatable bonds is 7. The van der Waals surface area contributed by atoms with E-state index in [9.17, 15) is 0 Å². The van der Waals surface area contributed by atoms with Crippen molar-refractivity contribution >= 4 is 0 Å². The zero-order valence-electron chi connectivity index (χ0n) is 13.5. The number of hydrogen-bond donors (Lipinski definition) is 1. The molecule has 1 N–H and O–H groups in total. The Kier molecular flexibility index (Phi) is 5.32. The van der Waals surface area contributed by atoms with E-state index in [1.54, 1.807) is 0 Å². The minimum atomic E-state index is 0.874. The maximum Gasteiger partial charge on any atom is 0.0205 e. The highest BCUT2D eigenvalue weighted by Crippen LogP contribution is 2.39. The second kappa shape index (κ2) is 7.42. The SMILES string of the molecule is CC1CCN(CCCNCc2ccc(C3CC3)cc2)CC1. The molecule has 1 saturated heterocycles. The minimum absolute atomic E-state index is 0.874. The summed E-state index contributed by atoms with van der Waals surface area (Å²) in [5.74, 6) is 1.82. The van der Waals surface area contributed by atoms with E-state index in [4.69, 9.17) is 0 Å². The average molecular weight is 286 g/mol. The summed E-state index contributed by atoms with van der Waals surface area (Å²) in [5, 5.41) is 3.59. The molecule has 0 atom stereocenters. The highest BCUT2D eigenvalue weighted by atomic mass is 15.1. The lowest BCUT2D eigenvalue weighted by Crippen LogP contribution is -2.34. The third kappa shape index (κ3) is 4.82. The monoisotopic (exact) mass is 286 g/mol. The first-order chi connectivity index (χ1) is 10.3. The third-order valence-electron chi connectivity index (χ3n) is 5.06. The van der Waals surface area contributed by atoms with Crippen molar-refractivity contribution in [1.29, 1.82) is 0 Å². The molecule has 1 aromatic carbocycles. The molecule has 0 spiro atoms. The molecule has 1 heterocycles. The number of benzene rings is 1. The molecule has 116 valence electrons. The Morgan fingerprint density at radius 2 is 1.76 bits per heavy atom. The summed E-state index contributed by atoms with van der Waals surface area (Å²) < 4.78 is 0. The molecule has 0 bridgehead atoms. The summed E-state index contributed by atoms with van der Waals surface area (Å²) in [6.07, 6.45) is 6.84. The van der Waals surface area contributed by atoms with E-state index < -0.39 is 0 Å². The van der Waals surface area contributed by atoms with Gasteiger partial charge in [-0.3, -0.25) is 0 Å². The molecule has 2 aliphatic rings. The lowest BCUT2D eigenvalue weighted by atomic mass is 9.99. The van der Waals surface area contributed by atoms with Gasteiger partial charge >= 0.3 is 0 Å². The van der Waals surface area contributed by atoms with Gasteiger partial charge < -0.3 is 10.2 Å². The zero-order chi connectivity index (χ0) is 14.5. The zero-order valence-corrected chi connectivity index (χ0v) is 13.5. The van der Waals surface area contributed by atoms with E-state index in [0.717, 1.165) is 24.9 Å². The molecular weight excluding hydrogens is 256 g/mol. The molecule has 1 aliphatic carbocycles. The molecule has 0 aromatic heterocycles. The van der Waals surface area contributed by atoms with Gasteiger partial charge in [0.15, 0.2) is 0 Å². The normalized spacial score (nSPS) is 20.8. The van der Waals surface area contributed by atoms with Gasteiger partial charge in [-0.2, -0.15) is 0 Å². The Bertz CT molecular complexity index is 414. The van der Waals surface area contributed by atoms with E-state index in [2.05, 4.69) is 41.4 Å². The Hall–Kier alpha value is -0.860. The summed E-state index contributed by atoms with van der Waals surface area (Å²) in [7, 11) is 0. The van der Waals surface area contributed by atoms with Crippen LogP contribution in [0.1, 0.15) is 56.1 Å². The van der Waals surface area contributed by atoms with Crippen molar-refractivity contribution in [2.75, 3.05) is 26.2 Å². The van der Waals surface area contributed by atoms with Crippen molar-refractivity contribution in [3.05, 3.63) is 35.4 Å². The Labute approximate surface area is 129 Å². The minimum Gasteiger partial charge on any atom is -0.313 e. The third-order valence-corrected chi connectivity index (χ3v) is 5.06. The molecule has 0 amide bonds. The largest absolute Gasteiger partial charge is 0.313 e. The molecule has 1 aromatic rings. The fourth-order valence-corrected chi connectivity index (χ4v) is 3.27. The van der Waals surface area contributed by atoms with Crippen LogP contribution >= 0.6 is 0 Å². The van der Waals surface area contributed by atoms with Crippen LogP contribution in [-0.2, 0) is 6.54 Å². The summed E-state index contributed by atoms with van der Waals surface area (Å²) in [6.45, 7) is 8.42. The predicted molar refractivity (Wildman–Crippen MR) is 89.6 cm³/mol. The molecule has 2 nitrogen and oxygen atoms in total. The summed E-state index contributed by atoms with van der Waals surface area (Å²) in [4.78, 5) is 2.63. The molecule has 2 fully saturated rings. The van der Waals surface area contributed by atoms with Gasteiger partial charge in [0.05, 0.1) is 0 Å². The fourth-order valence-electron chi connectivity index (χ4n) is 3.27. The lowest BCUT2D eigenvalue weighted by molar-refractivity contribution is 0.190. The van der Waals surface area contributed by atoms with Gasteiger partial charge in [-0.1, -0.05) is 31.2 Å². The predicted octanol–water partition coefficient (Wildman–Crippen LogP) is 3.78. The van der Waals surface area contributed by atoms with Crippen LogP contribution in [0.3, 0.4) is 0 Å². The first-order valence-electron chi connectivity index (χ1n) is 8.83. The summed E-state index contributed by atoms with van der Waals surface area (Å²) in [5.41, 5.74) is 2.96. The first kappa shape index (κ1) is 15.1. The van der Waals surface area contributed by atoms with Crippen LogP contribution in [0, 0.1) is 5.92 Å². The van der Waals surface area contributed by atoms with Crippen LogP contribution in [0.2, 0.25) is 0 Å². The van der Waals surface area contributed by atoms with E-state index in [1.165, 1.54) is 62.9 Å². The summed E-state index contributed by atoms with van der Waals surface area (Å²) in [6, 6.07) is 9.24. The van der Waals surface area contributed by atoms with E-state index >= 15 is 0 Å². The standard InChI is InChI=1S/C19H30N2/c1-16-9-13-21(14-10-16)12-2-11-20-15-17-3-5-18(6-4-17)19-7-8-19/h3-6,16,19-20H,2,7-15H2,1H3. The van der Waals surface area contributed by atoms with Gasteiger partial charge in [0.25, 0.3) is 0 Å². The van der Waals surface area contributed by atoms with E-state index in [1.807, 2.05) is 0 Å². The van der Waals surface area contributed by atoms with Gasteiger partial charge in [0.2, 0.25) is 0 Å². The maximum absolute atomic E-state index is 3.59. The van der Waals surface area contributed by atoms with Crippen LogP contribution in [0.15, 0.2) is 24.3 Å². The molecule has 1 aliphatic heterocycles. The number of piperidine rings is 1. The van der Waals surface area contributed by atoms with Crippen LogP contribution in [0.25, 0.3) is 0 Å². The van der Waals surface area contributed by atoms with Crippen molar-refractivity contribution in [2.45, 2.75) is 51.5 Å². The fraction of sp³-hybridized carbons (Fsp3) is 0.684. The molecule has 0 unspecified atom stereocenters. The number of hydrogen-bond acceptors (Lipinski definition) is 2. The second-order valence-electron chi connectivity index (χ2n) is 7.07. The van der Waals surface area contributed by atoms with E-state index in [-0.39, 0.29) is 0 Å². The van der Waals surface area contributed by atoms with Crippen molar-refractivity contribution in [3.63, 3.8) is 0 Å². The molecule has 2 heteroatoms. The molecule has 21 heavy (non-hydrogen) atoms. The number of nitrogens with one attached hydrogen (secondary N) is 1. The Morgan fingerprint density at radius 1 is 1.05 bits per heavy atom. The van der Waals surface area contributed by atoms with Crippen LogP contribution in [-0.4, -0.2) is 31.1 Å². The first-order valence-corrected chi connectivity index (χ1v) is 8.83. The average Bonchev–Trinajstić information content (AvgIpc) is 3.34. The van der Waals surface area contributed by atoms with Crippen LogP contribution in [0.5, 0.6) is 0 Å². The van der Waals surface area contributed by atoms with Crippen molar-refractivity contribution in [2.24, 2.45) is 5.92 Å². The van der Waals surface area contributed by atoms with Gasteiger partial charge in [0.1, 0.15) is 0 Å². The quantitative estimate of drug-likeness (QED) is 0.768. The molecule has 3 rings (SSSR count). The highest BCUT2D eigenvalue weighted by Gasteiger charge is 2.22. The maximum atomic E-state index is 3.59. The number of nitrogens with zero attached hydrogens (tertiary/aromatic N) is 1. The van der Waals surface area contributed by atoms with Gasteiger partial charge in [-0.25, -0.2) is 0 Å². The van der Waals surface area contributed by atoms with Gasteiger partial charge in [-0.05, 0) is 81.2 Å². The van der Waals surface area contributed by atoms with E-state index in [0.29, 0.717) is 0 Å². The lowest BCUT2D eigenvalue weighted by Gasteiger charge is -2.30. The van der Waals surface area contributed by atoms with Crippen LogP contribution in [0.4, 0.5) is 0 Å². The molecule has 0 radical (unpaired) electrons. The highest BCUT2D eigenvalue weighted by molar-refractivity contribution is 5.27. The van der Waals surface area contributed by atoms with Crippen LogP contribution < -0.4 is 5.32 Å². The van der Waals surface area contributed by atoms with Crippen molar-refractivity contribution in [3.8, 4) is 0 Å².